The number of halogens is 4. The van der Waals surface area contributed by atoms with E-state index in [-0.39, 0.29) is 31.2 Å². The van der Waals surface area contributed by atoms with Crippen LogP contribution in [0, 0.1) is 0 Å². The Morgan fingerprint density at radius 3 is 1.82 bits per heavy atom. The highest BCUT2D eigenvalue weighted by Gasteiger charge is 2.54. The van der Waals surface area contributed by atoms with Crippen LogP contribution in [0.5, 0.6) is 0 Å². The minimum atomic E-state index is -0.738. The molecule has 3 aliphatic rings. The molecular weight excluding hydrogens is 562 g/mol. The van der Waals surface area contributed by atoms with Gasteiger partial charge < -0.3 is 10.6 Å². The van der Waals surface area contributed by atoms with E-state index in [9.17, 15) is 9.59 Å². The molecule has 2 N–H and O–H groups in total. The molecule has 38 heavy (non-hydrogen) atoms. The van der Waals surface area contributed by atoms with E-state index >= 15 is 0 Å². The normalized spacial score (nSPS) is 21.2. The molecule has 2 unspecified atom stereocenters. The van der Waals surface area contributed by atoms with Gasteiger partial charge in [-0.3, -0.25) is 9.59 Å². The van der Waals surface area contributed by atoms with Crippen LogP contribution in [0.15, 0.2) is 77.9 Å². The molecule has 8 heteroatoms. The SMILES string of the molecule is C.N[C@@H](Cc1ccccc1)C(=O)N1C2CC1/C(=C\c1ccc(Cl)c(Cl)c1)C(=O)/C2=C/c1ccc(Cl)c(Cl)c1. The van der Waals surface area contributed by atoms with Gasteiger partial charge in [-0.25, -0.2) is 0 Å². The van der Waals surface area contributed by atoms with Crippen LogP contribution in [0.3, 0.4) is 0 Å². The summed E-state index contributed by atoms with van der Waals surface area (Å²) in [5.41, 5.74) is 9.82. The Labute approximate surface area is 242 Å². The molecule has 0 radical (unpaired) electrons. The molecule has 196 valence electrons. The number of benzene rings is 3. The molecule has 2 bridgehead atoms. The zero-order chi connectivity index (χ0) is 26.3. The van der Waals surface area contributed by atoms with Gasteiger partial charge in [0.25, 0.3) is 0 Å². The lowest BCUT2D eigenvalue weighted by Crippen LogP contribution is -2.68. The van der Waals surface area contributed by atoms with Gasteiger partial charge in [0, 0.05) is 11.1 Å². The molecule has 0 spiro atoms. The van der Waals surface area contributed by atoms with Gasteiger partial charge in [-0.1, -0.05) is 96.3 Å². The second-order valence-electron chi connectivity index (χ2n) is 9.18. The molecule has 1 amide bonds. The predicted molar refractivity (Wildman–Crippen MR) is 158 cm³/mol. The molecule has 6 rings (SSSR count). The quantitative estimate of drug-likeness (QED) is 0.314. The number of piperidine rings is 1. The maximum Gasteiger partial charge on any atom is 0.240 e. The first kappa shape index (κ1) is 28.4. The van der Waals surface area contributed by atoms with Gasteiger partial charge in [0.15, 0.2) is 5.78 Å². The topological polar surface area (TPSA) is 63.4 Å². The molecule has 4 nitrogen and oxygen atoms in total. The first-order chi connectivity index (χ1) is 17.7. The number of carbonyl (C=O) groups excluding carboxylic acids is 2. The van der Waals surface area contributed by atoms with E-state index in [4.69, 9.17) is 52.1 Å². The van der Waals surface area contributed by atoms with E-state index in [1.807, 2.05) is 30.3 Å². The number of amides is 1. The van der Waals surface area contributed by atoms with Crippen LogP contribution in [0.25, 0.3) is 12.2 Å². The Morgan fingerprint density at radius 1 is 0.842 bits per heavy atom. The van der Waals surface area contributed by atoms with Gasteiger partial charge in [-0.05, 0) is 65.9 Å². The van der Waals surface area contributed by atoms with Crippen LogP contribution in [0.1, 0.15) is 30.5 Å². The summed E-state index contributed by atoms with van der Waals surface area (Å²) in [5.74, 6) is -0.322. The van der Waals surface area contributed by atoms with Crippen molar-refractivity contribution in [1.29, 1.82) is 0 Å². The summed E-state index contributed by atoms with van der Waals surface area (Å²) in [5, 5.41) is 1.61. The summed E-state index contributed by atoms with van der Waals surface area (Å²) in [6, 6.07) is 18.5. The highest BCUT2D eigenvalue weighted by atomic mass is 35.5. The molecule has 1 saturated carbocycles. The number of fused-ring (bicyclic) bond motifs is 2. The first-order valence-corrected chi connectivity index (χ1v) is 13.2. The lowest BCUT2D eigenvalue weighted by Gasteiger charge is -2.55. The maximum atomic E-state index is 13.7. The van der Waals surface area contributed by atoms with E-state index in [0.717, 1.165) is 16.7 Å². The van der Waals surface area contributed by atoms with Crippen LogP contribution in [0.2, 0.25) is 20.1 Å². The Bertz CT molecular complexity index is 1370. The van der Waals surface area contributed by atoms with E-state index in [0.29, 0.717) is 44.1 Å². The molecule has 1 aliphatic carbocycles. The third kappa shape index (κ3) is 5.56. The summed E-state index contributed by atoms with van der Waals surface area (Å²) in [7, 11) is 0. The van der Waals surface area contributed by atoms with Gasteiger partial charge in [-0.15, -0.1) is 0 Å². The summed E-state index contributed by atoms with van der Waals surface area (Å²) in [4.78, 5) is 29.0. The van der Waals surface area contributed by atoms with Crippen LogP contribution >= 0.6 is 46.4 Å². The largest absolute Gasteiger partial charge is 0.327 e. The number of hydrogen-bond acceptors (Lipinski definition) is 3. The standard InChI is InChI=1S/C29H22Cl4N2O2.CH4/c30-21-8-6-17(12-23(21)32)10-19-26-15-27(20(28(19)36)11-18-7-9-22(31)24(33)13-18)35(26)29(37)25(34)14-16-4-2-1-3-5-16;/h1-13,25-27H,14-15,34H2;1H4/b19-10+,20-11+;/t25-,26?,27?;/m0./s1. The van der Waals surface area contributed by atoms with E-state index in [1.165, 1.54) is 0 Å². The Hall–Kier alpha value is -2.60. The number of hydrogen-bond donors (Lipinski definition) is 1. The van der Waals surface area contributed by atoms with Crippen molar-refractivity contribution in [2.45, 2.75) is 38.4 Å². The van der Waals surface area contributed by atoms with Gasteiger partial charge in [0.2, 0.25) is 5.91 Å². The average Bonchev–Trinajstić information content (AvgIpc) is 2.86. The predicted octanol–water partition coefficient (Wildman–Crippen LogP) is 7.53. The van der Waals surface area contributed by atoms with Crippen molar-refractivity contribution >= 4 is 70.2 Å². The highest BCUT2D eigenvalue weighted by Crippen LogP contribution is 2.45. The summed E-state index contributed by atoms with van der Waals surface area (Å²) >= 11 is 24.6. The lowest BCUT2D eigenvalue weighted by atomic mass is 9.70. The van der Waals surface area contributed by atoms with Gasteiger partial charge in [0.05, 0.1) is 38.2 Å². The monoisotopic (exact) mass is 586 g/mol. The Balaban J connectivity index is 0.00000336. The van der Waals surface area contributed by atoms with Crippen molar-refractivity contribution in [3.05, 3.63) is 115 Å². The number of nitrogens with two attached hydrogens (primary N) is 1. The number of ketones is 1. The number of Topliss-reactive ketones (excluding diaryl/α,β-unsaturated/α-hetero) is 1. The average molecular weight is 588 g/mol. The van der Waals surface area contributed by atoms with Crippen molar-refractivity contribution in [3.63, 3.8) is 0 Å². The number of rotatable bonds is 5. The Kier molecular flexibility index (Phi) is 8.71. The zero-order valence-corrected chi connectivity index (χ0v) is 22.5. The first-order valence-electron chi connectivity index (χ1n) is 11.7. The second-order valence-corrected chi connectivity index (χ2v) is 10.8. The van der Waals surface area contributed by atoms with E-state index in [1.54, 1.807) is 53.5 Å². The van der Waals surface area contributed by atoms with Crippen molar-refractivity contribution in [1.82, 2.24) is 4.90 Å². The van der Waals surface area contributed by atoms with E-state index in [2.05, 4.69) is 0 Å². The lowest BCUT2D eigenvalue weighted by molar-refractivity contribution is -0.145. The number of nitrogens with zero attached hydrogens (tertiary/aromatic N) is 1. The fourth-order valence-corrected chi connectivity index (χ4v) is 5.49. The zero-order valence-electron chi connectivity index (χ0n) is 19.5. The molecule has 3 atom stereocenters. The third-order valence-corrected chi connectivity index (χ3v) is 8.24. The van der Waals surface area contributed by atoms with Gasteiger partial charge in [-0.2, -0.15) is 0 Å². The Morgan fingerprint density at radius 2 is 1.34 bits per heavy atom. The number of carbonyl (C=O) groups is 2. The molecule has 2 heterocycles. The van der Waals surface area contributed by atoms with Crippen molar-refractivity contribution in [3.8, 4) is 0 Å². The maximum absolute atomic E-state index is 13.7. The molecule has 0 aromatic heterocycles. The van der Waals surface area contributed by atoms with Crippen molar-refractivity contribution < 1.29 is 9.59 Å². The smallest absolute Gasteiger partial charge is 0.240 e. The van der Waals surface area contributed by atoms with Gasteiger partial charge >= 0.3 is 0 Å². The van der Waals surface area contributed by atoms with Crippen molar-refractivity contribution in [2.24, 2.45) is 5.73 Å². The van der Waals surface area contributed by atoms with E-state index < -0.39 is 6.04 Å². The minimum absolute atomic E-state index is 0. The molecule has 3 fully saturated rings. The van der Waals surface area contributed by atoms with Crippen LogP contribution in [-0.2, 0) is 16.0 Å². The highest BCUT2D eigenvalue weighted by molar-refractivity contribution is 6.42. The molecule has 3 aromatic carbocycles. The van der Waals surface area contributed by atoms with Crippen molar-refractivity contribution in [2.75, 3.05) is 0 Å². The minimum Gasteiger partial charge on any atom is -0.327 e. The summed E-state index contributed by atoms with van der Waals surface area (Å²) in [6.07, 6.45) is 4.57. The van der Waals surface area contributed by atoms with Crippen LogP contribution in [-0.4, -0.2) is 34.7 Å². The molecule has 3 aromatic rings. The van der Waals surface area contributed by atoms with Gasteiger partial charge in [0.1, 0.15) is 0 Å². The second kappa shape index (κ2) is 11.6. The molecule has 2 aliphatic heterocycles. The summed E-state index contributed by atoms with van der Waals surface area (Å²) in [6.45, 7) is 0. The summed E-state index contributed by atoms with van der Waals surface area (Å²) < 4.78 is 0. The van der Waals surface area contributed by atoms with Crippen LogP contribution < -0.4 is 5.73 Å². The van der Waals surface area contributed by atoms with Crippen LogP contribution in [0.4, 0.5) is 0 Å². The molecule has 2 saturated heterocycles. The third-order valence-electron chi connectivity index (χ3n) is 6.76. The molecular formula is C30H26Cl4N2O2. The fraction of sp³-hybridized carbons (Fsp3) is 0.200. The fourth-order valence-electron chi connectivity index (χ4n) is 4.88.